The standard InChI is InChI=1S/C20H21IN2O5/c1-26-18-11-14(10-17(21)20(18)28-13-19(24)25)12-22-15-2-4-16(5-3-15)23-6-8-27-9-7-23/h2-5,10-12H,6-9,13H2,1H3,(H,24,25). The lowest BCUT2D eigenvalue weighted by atomic mass is 10.2. The molecule has 2 aromatic rings. The van der Waals surface area contributed by atoms with Crippen LogP contribution in [0.4, 0.5) is 11.4 Å². The first kappa shape index (κ1) is 20.4. The van der Waals surface area contributed by atoms with Crippen molar-refractivity contribution < 1.29 is 24.1 Å². The fraction of sp³-hybridized carbons (Fsp3) is 0.300. The highest BCUT2D eigenvalue weighted by molar-refractivity contribution is 14.1. The minimum atomic E-state index is -1.04. The van der Waals surface area contributed by atoms with Crippen LogP contribution >= 0.6 is 22.6 Å². The number of anilines is 1. The first-order valence-electron chi connectivity index (χ1n) is 8.76. The molecule has 148 valence electrons. The van der Waals surface area contributed by atoms with Crippen LogP contribution in [0.3, 0.4) is 0 Å². The highest BCUT2D eigenvalue weighted by Crippen LogP contribution is 2.33. The summed E-state index contributed by atoms with van der Waals surface area (Å²) >= 11 is 2.09. The highest BCUT2D eigenvalue weighted by Gasteiger charge is 2.13. The Hall–Kier alpha value is -2.33. The second-order valence-electron chi connectivity index (χ2n) is 6.09. The fourth-order valence-corrected chi connectivity index (χ4v) is 3.59. The van der Waals surface area contributed by atoms with Crippen LogP contribution in [0.15, 0.2) is 41.4 Å². The zero-order chi connectivity index (χ0) is 19.9. The molecule has 3 rings (SSSR count). The summed E-state index contributed by atoms with van der Waals surface area (Å²) in [6.07, 6.45) is 1.75. The van der Waals surface area contributed by atoms with Gasteiger partial charge in [-0.1, -0.05) is 0 Å². The molecule has 0 saturated carbocycles. The van der Waals surface area contributed by atoms with Crippen molar-refractivity contribution in [1.82, 2.24) is 0 Å². The number of carboxylic acids is 1. The Morgan fingerprint density at radius 1 is 1.29 bits per heavy atom. The average Bonchev–Trinajstić information content (AvgIpc) is 2.72. The van der Waals surface area contributed by atoms with Gasteiger partial charge < -0.3 is 24.2 Å². The van der Waals surface area contributed by atoms with E-state index in [0.29, 0.717) is 11.5 Å². The monoisotopic (exact) mass is 496 g/mol. The Bertz CT molecular complexity index is 848. The number of rotatable bonds is 7. The van der Waals surface area contributed by atoms with Crippen LogP contribution in [0.5, 0.6) is 11.5 Å². The molecule has 0 aliphatic carbocycles. The molecule has 2 aromatic carbocycles. The first-order chi connectivity index (χ1) is 13.6. The molecule has 1 aliphatic rings. The number of carboxylic acid groups (broad SMARTS) is 1. The summed E-state index contributed by atoms with van der Waals surface area (Å²) in [5.74, 6) is -0.154. The van der Waals surface area contributed by atoms with Gasteiger partial charge in [0.15, 0.2) is 18.1 Å². The molecular weight excluding hydrogens is 475 g/mol. The van der Waals surface area contributed by atoms with Crippen molar-refractivity contribution in [2.24, 2.45) is 4.99 Å². The first-order valence-corrected chi connectivity index (χ1v) is 9.83. The van der Waals surface area contributed by atoms with Crippen molar-refractivity contribution >= 4 is 46.1 Å². The van der Waals surface area contributed by atoms with Crippen LogP contribution in [0.1, 0.15) is 5.56 Å². The molecule has 8 heteroatoms. The number of hydrogen-bond acceptors (Lipinski definition) is 6. The molecule has 28 heavy (non-hydrogen) atoms. The number of ether oxygens (including phenoxy) is 3. The van der Waals surface area contributed by atoms with Gasteiger partial charge in [-0.25, -0.2) is 4.79 Å². The van der Waals surface area contributed by atoms with Crippen LogP contribution in [-0.4, -0.2) is 57.3 Å². The third-order valence-electron chi connectivity index (χ3n) is 4.18. The third kappa shape index (κ3) is 5.35. The van der Waals surface area contributed by atoms with Crippen molar-refractivity contribution in [1.29, 1.82) is 0 Å². The van der Waals surface area contributed by atoms with Gasteiger partial charge in [0.1, 0.15) is 0 Å². The zero-order valence-corrected chi connectivity index (χ0v) is 17.6. The van der Waals surface area contributed by atoms with Crippen LogP contribution in [0, 0.1) is 3.57 Å². The molecular formula is C20H21IN2O5. The van der Waals surface area contributed by atoms with E-state index < -0.39 is 12.6 Å². The third-order valence-corrected chi connectivity index (χ3v) is 4.98. The van der Waals surface area contributed by atoms with Crippen molar-refractivity contribution in [3.05, 3.63) is 45.5 Å². The SMILES string of the molecule is COc1cc(C=Nc2ccc(N3CCOCC3)cc2)cc(I)c1OCC(=O)O. The number of carbonyl (C=O) groups is 1. The maximum atomic E-state index is 10.7. The molecule has 0 unspecified atom stereocenters. The van der Waals surface area contributed by atoms with Gasteiger partial charge in [0.2, 0.25) is 0 Å². The van der Waals surface area contributed by atoms with E-state index in [4.69, 9.17) is 19.3 Å². The average molecular weight is 496 g/mol. The van der Waals surface area contributed by atoms with E-state index in [9.17, 15) is 4.79 Å². The molecule has 0 aromatic heterocycles. The molecule has 0 atom stereocenters. The smallest absolute Gasteiger partial charge is 0.341 e. The molecule has 7 nitrogen and oxygen atoms in total. The number of aliphatic carboxylic acids is 1. The molecule has 1 heterocycles. The van der Waals surface area contributed by atoms with Gasteiger partial charge in [-0.3, -0.25) is 4.99 Å². The predicted molar refractivity (Wildman–Crippen MR) is 116 cm³/mol. The number of benzene rings is 2. The van der Waals surface area contributed by atoms with Crippen LogP contribution in [0.25, 0.3) is 0 Å². The molecule has 0 bridgehead atoms. The Morgan fingerprint density at radius 3 is 2.64 bits per heavy atom. The minimum absolute atomic E-state index is 0.414. The molecule has 1 N–H and O–H groups in total. The van der Waals surface area contributed by atoms with Gasteiger partial charge in [0.05, 0.1) is 29.6 Å². The Labute approximate surface area is 177 Å². The molecule has 0 amide bonds. The predicted octanol–water partition coefficient (Wildman–Crippen LogP) is 3.35. The quantitative estimate of drug-likeness (QED) is 0.468. The highest BCUT2D eigenvalue weighted by atomic mass is 127. The maximum absolute atomic E-state index is 10.7. The normalized spacial score (nSPS) is 14.3. The summed E-state index contributed by atoms with van der Waals surface area (Å²) in [7, 11) is 1.52. The lowest BCUT2D eigenvalue weighted by molar-refractivity contribution is -0.139. The van der Waals surface area contributed by atoms with Gasteiger partial charge in [0.25, 0.3) is 0 Å². The number of nitrogens with zero attached hydrogens (tertiary/aromatic N) is 2. The van der Waals surface area contributed by atoms with E-state index in [1.54, 1.807) is 12.3 Å². The van der Waals surface area contributed by atoms with E-state index >= 15 is 0 Å². The van der Waals surface area contributed by atoms with Crippen molar-refractivity contribution in [3.8, 4) is 11.5 Å². The lowest BCUT2D eigenvalue weighted by Gasteiger charge is -2.28. The summed E-state index contributed by atoms with van der Waals surface area (Å²) < 4.78 is 16.8. The van der Waals surface area contributed by atoms with Gasteiger partial charge >= 0.3 is 5.97 Å². The van der Waals surface area contributed by atoms with Gasteiger partial charge in [-0.15, -0.1) is 0 Å². The Balaban J connectivity index is 1.72. The summed E-state index contributed by atoms with van der Waals surface area (Å²) in [6, 6.07) is 11.7. The van der Waals surface area contributed by atoms with Crippen molar-refractivity contribution in [3.63, 3.8) is 0 Å². The lowest BCUT2D eigenvalue weighted by Crippen LogP contribution is -2.36. The summed E-state index contributed by atoms with van der Waals surface area (Å²) in [5.41, 5.74) is 2.84. The topological polar surface area (TPSA) is 80.6 Å². The number of aliphatic imine (C=N–C) groups is 1. The fourth-order valence-electron chi connectivity index (χ4n) is 2.81. The molecule has 1 aliphatic heterocycles. The number of morpholine rings is 1. The summed E-state index contributed by atoms with van der Waals surface area (Å²) in [6.45, 7) is 2.89. The molecule has 1 fully saturated rings. The Morgan fingerprint density at radius 2 is 2.00 bits per heavy atom. The van der Waals surface area contributed by atoms with E-state index in [1.165, 1.54) is 12.8 Å². The second-order valence-corrected chi connectivity index (χ2v) is 7.25. The van der Waals surface area contributed by atoms with Crippen LogP contribution in [-0.2, 0) is 9.53 Å². The summed E-state index contributed by atoms with van der Waals surface area (Å²) in [5, 5.41) is 8.80. The van der Waals surface area contributed by atoms with E-state index in [2.05, 4.69) is 44.6 Å². The minimum Gasteiger partial charge on any atom is -0.493 e. The second kappa shape index (κ2) is 9.74. The van der Waals surface area contributed by atoms with Crippen LogP contribution in [0.2, 0.25) is 0 Å². The molecule has 0 radical (unpaired) electrons. The Kier molecular flexibility index (Phi) is 7.10. The van der Waals surface area contributed by atoms with Crippen molar-refractivity contribution in [2.75, 3.05) is 44.9 Å². The largest absolute Gasteiger partial charge is 0.493 e. The number of hydrogen-bond donors (Lipinski definition) is 1. The maximum Gasteiger partial charge on any atom is 0.341 e. The van der Waals surface area contributed by atoms with Crippen LogP contribution < -0.4 is 14.4 Å². The van der Waals surface area contributed by atoms with Gasteiger partial charge in [0, 0.05) is 25.0 Å². The molecule has 0 spiro atoms. The van der Waals surface area contributed by atoms with E-state index in [-0.39, 0.29) is 0 Å². The van der Waals surface area contributed by atoms with Crippen molar-refractivity contribution in [2.45, 2.75) is 0 Å². The molecule has 1 saturated heterocycles. The summed E-state index contributed by atoms with van der Waals surface area (Å²) in [4.78, 5) is 17.5. The number of methoxy groups -OCH3 is 1. The van der Waals surface area contributed by atoms with E-state index in [0.717, 1.165) is 41.1 Å². The number of halogens is 1. The van der Waals surface area contributed by atoms with E-state index in [1.807, 2.05) is 18.2 Å². The zero-order valence-electron chi connectivity index (χ0n) is 15.4. The van der Waals surface area contributed by atoms with Gasteiger partial charge in [-0.05, 0) is 64.6 Å². The van der Waals surface area contributed by atoms with Gasteiger partial charge in [-0.2, -0.15) is 0 Å².